The van der Waals surface area contributed by atoms with Gasteiger partial charge in [0.1, 0.15) is 0 Å². The third-order valence-corrected chi connectivity index (χ3v) is 6.36. The Morgan fingerprint density at radius 2 is 1.46 bits per heavy atom. The summed E-state index contributed by atoms with van der Waals surface area (Å²) < 4.78 is 63.5. The molecule has 0 aliphatic carbocycles. The number of pyridine rings is 1. The molecule has 4 heterocycles. The fourth-order valence-corrected chi connectivity index (χ4v) is 4.28. The number of urea groups is 1. The predicted octanol–water partition coefficient (Wildman–Crippen LogP) is 2.29. The number of carbonyl (C=O) groups is 4. The van der Waals surface area contributed by atoms with Gasteiger partial charge in [0.05, 0.1) is 24.0 Å². The average Bonchev–Trinajstić information content (AvgIpc) is 3.53. The molecule has 0 saturated carbocycles. The summed E-state index contributed by atoms with van der Waals surface area (Å²) in [7, 11) is 2.00. The van der Waals surface area contributed by atoms with Crippen LogP contribution >= 0.6 is 0 Å². The van der Waals surface area contributed by atoms with Crippen LogP contribution in [0.3, 0.4) is 0 Å². The van der Waals surface area contributed by atoms with Gasteiger partial charge in [-0.1, -0.05) is 0 Å². The Morgan fingerprint density at radius 1 is 0.923 bits per heavy atom. The van der Waals surface area contributed by atoms with Gasteiger partial charge in [-0.05, 0) is 38.4 Å². The predicted molar refractivity (Wildman–Crippen MR) is 122 cm³/mol. The van der Waals surface area contributed by atoms with Crippen molar-refractivity contribution in [1.82, 2.24) is 19.7 Å². The molecular weight excluding hydrogens is 544 g/mol. The molecule has 3 aliphatic heterocycles. The number of hydrogen-bond donors (Lipinski definition) is 2. The number of likely N-dealkylation sites (N-methyl/N-ethyl adjacent to an activating group) is 1. The second kappa shape index (κ2) is 12.5. The van der Waals surface area contributed by atoms with Crippen molar-refractivity contribution in [2.75, 3.05) is 51.2 Å². The number of carboxylic acids is 2. The van der Waals surface area contributed by atoms with Gasteiger partial charge >= 0.3 is 30.3 Å². The first kappa shape index (κ1) is 31.6. The number of aliphatic carboxylic acids is 2. The van der Waals surface area contributed by atoms with Gasteiger partial charge in [-0.25, -0.2) is 14.4 Å². The molecule has 1 aromatic heterocycles. The first-order valence-corrected chi connectivity index (χ1v) is 11.5. The zero-order valence-electron chi connectivity index (χ0n) is 20.7. The Balaban J connectivity index is 0.000000317. The van der Waals surface area contributed by atoms with E-state index in [0.29, 0.717) is 19.6 Å². The number of aromatic nitrogens is 1. The van der Waals surface area contributed by atoms with E-state index in [4.69, 9.17) is 19.8 Å². The number of carboxylic acid groups (broad SMARTS) is 2. The minimum Gasteiger partial charge on any atom is -0.475 e. The summed E-state index contributed by atoms with van der Waals surface area (Å²) in [5.41, 5.74) is 0.670. The van der Waals surface area contributed by atoms with Crippen molar-refractivity contribution in [3.63, 3.8) is 0 Å². The van der Waals surface area contributed by atoms with Gasteiger partial charge in [-0.3, -0.25) is 14.7 Å². The SMILES string of the molecule is CN1CC(=O)N(c2cccnc2)CC12CCN(C(=O)N1CCCC1)C2.O=C(O)C(F)(F)F.O=C(O)C(F)(F)F. The van der Waals surface area contributed by atoms with Crippen LogP contribution in [0.5, 0.6) is 0 Å². The normalized spacial score (nSPS) is 21.7. The molecule has 1 spiro atoms. The number of anilines is 1. The lowest BCUT2D eigenvalue weighted by atomic mass is 9.92. The van der Waals surface area contributed by atoms with Crippen LogP contribution in [0.25, 0.3) is 0 Å². The maximum atomic E-state index is 12.7. The minimum absolute atomic E-state index is 0.0884. The van der Waals surface area contributed by atoms with Crippen LogP contribution in [-0.4, -0.2) is 118 Å². The summed E-state index contributed by atoms with van der Waals surface area (Å²) in [5, 5.41) is 14.2. The molecule has 218 valence electrons. The zero-order chi connectivity index (χ0) is 29.6. The highest BCUT2D eigenvalue weighted by molar-refractivity contribution is 5.95. The fourth-order valence-electron chi connectivity index (χ4n) is 4.28. The summed E-state index contributed by atoms with van der Waals surface area (Å²) in [5.74, 6) is -5.43. The van der Waals surface area contributed by atoms with Crippen molar-refractivity contribution in [3.05, 3.63) is 24.5 Å². The number of halogens is 6. The largest absolute Gasteiger partial charge is 0.490 e. The molecule has 1 unspecified atom stereocenters. The van der Waals surface area contributed by atoms with E-state index in [9.17, 15) is 35.9 Å². The van der Waals surface area contributed by atoms with Crippen molar-refractivity contribution >= 4 is 29.6 Å². The molecule has 1 atom stereocenters. The Morgan fingerprint density at radius 3 is 1.92 bits per heavy atom. The highest BCUT2D eigenvalue weighted by atomic mass is 19.4. The van der Waals surface area contributed by atoms with Gasteiger partial charge in [0, 0.05) is 38.9 Å². The molecule has 17 heteroatoms. The molecule has 3 saturated heterocycles. The number of carbonyl (C=O) groups excluding carboxylic acids is 2. The van der Waals surface area contributed by atoms with Gasteiger partial charge < -0.3 is 24.9 Å². The maximum absolute atomic E-state index is 12.7. The monoisotopic (exact) mass is 571 g/mol. The molecule has 4 rings (SSSR count). The Bertz CT molecular complexity index is 1010. The van der Waals surface area contributed by atoms with Crippen molar-refractivity contribution in [2.24, 2.45) is 0 Å². The lowest BCUT2D eigenvalue weighted by Crippen LogP contribution is -2.64. The van der Waals surface area contributed by atoms with E-state index in [-0.39, 0.29) is 17.5 Å². The van der Waals surface area contributed by atoms with Gasteiger partial charge in [-0.15, -0.1) is 0 Å². The number of piperazine rings is 1. The maximum Gasteiger partial charge on any atom is 0.490 e. The van der Waals surface area contributed by atoms with Crippen molar-refractivity contribution in [2.45, 2.75) is 37.2 Å². The van der Waals surface area contributed by atoms with Crippen LogP contribution in [0, 0.1) is 0 Å². The van der Waals surface area contributed by atoms with Gasteiger partial charge in [0.25, 0.3) is 0 Å². The van der Waals surface area contributed by atoms with Crippen LogP contribution < -0.4 is 4.90 Å². The standard InChI is InChI=1S/C18H25N5O2.2C2HF3O2/c1-20-12-16(24)23(15-5-4-7-19-11-15)14-18(20)6-10-22(13-18)17(25)21-8-2-3-9-21;2*3-2(4,5)1(6)7/h4-5,7,11H,2-3,6,8-10,12-14H2,1H3;2*(H,6,7). The topological polar surface area (TPSA) is 135 Å². The molecule has 39 heavy (non-hydrogen) atoms. The van der Waals surface area contributed by atoms with E-state index in [1.165, 1.54) is 0 Å². The smallest absolute Gasteiger partial charge is 0.475 e. The first-order valence-electron chi connectivity index (χ1n) is 11.5. The highest BCUT2D eigenvalue weighted by Gasteiger charge is 2.49. The molecule has 3 aliphatic rings. The summed E-state index contributed by atoms with van der Waals surface area (Å²) in [6.07, 6.45) is -3.61. The third-order valence-electron chi connectivity index (χ3n) is 6.36. The summed E-state index contributed by atoms with van der Waals surface area (Å²) >= 11 is 0. The second-order valence-electron chi connectivity index (χ2n) is 9.03. The first-order chi connectivity index (χ1) is 18.0. The minimum atomic E-state index is -5.08. The lowest BCUT2D eigenvalue weighted by Gasteiger charge is -2.46. The fraction of sp³-hybridized carbons (Fsp3) is 0.591. The van der Waals surface area contributed by atoms with E-state index in [0.717, 1.165) is 44.6 Å². The Labute approximate surface area is 218 Å². The molecule has 3 fully saturated rings. The van der Waals surface area contributed by atoms with E-state index >= 15 is 0 Å². The highest BCUT2D eigenvalue weighted by Crippen LogP contribution is 2.34. The Hall–Kier alpha value is -3.63. The van der Waals surface area contributed by atoms with Gasteiger partial charge in [0.2, 0.25) is 5.91 Å². The van der Waals surface area contributed by atoms with Crippen LogP contribution in [-0.2, 0) is 14.4 Å². The van der Waals surface area contributed by atoms with Crippen molar-refractivity contribution in [1.29, 1.82) is 0 Å². The number of hydrogen-bond acceptors (Lipinski definition) is 6. The van der Waals surface area contributed by atoms with Crippen molar-refractivity contribution in [3.8, 4) is 0 Å². The third kappa shape index (κ3) is 8.43. The average molecular weight is 571 g/mol. The molecule has 2 N–H and O–H groups in total. The van der Waals surface area contributed by atoms with E-state index in [1.54, 1.807) is 12.4 Å². The number of alkyl halides is 6. The van der Waals surface area contributed by atoms with E-state index in [1.807, 2.05) is 33.9 Å². The van der Waals surface area contributed by atoms with Crippen molar-refractivity contribution < 1.29 is 55.7 Å². The molecule has 0 radical (unpaired) electrons. The number of amides is 3. The van der Waals surface area contributed by atoms with E-state index < -0.39 is 24.3 Å². The molecule has 3 amide bonds. The zero-order valence-corrected chi connectivity index (χ0v) is 20.7. The summed E-state index contributed by atoms with van der Waals surface area (Å²) in [4.78, 5) is 55.1. The van der Waals surface area contributed by atoms with Crippen LogP contribution in [0.2, 0.25) is 0 Å². The number of nitrogens with zero attached hydrogens (tertiary/aromatic N) is 5. The summed E-state index contributed by atoms with van der Waals surface area (Å²) in [6, 6.07) is 3.94. The van der Waals surface area contributed by atoms with Gasteiger partial charge in [0.15, 0.2) is 0 Å². The van der Waals surface area contributed by atoms with Crippen LogP contribution in [0.4, 0.5) is 36.8 Å². The number of likely N-dealkylation sites (tertiary alicyclic amines) is 2. The summed E-state index contributed by atoms with van der Waals surface area (Å²) in [6.45, 7) is 4.17. The molecule has 0 bridgehead atoms. The quantitative estimate of drug-likeness (QED) is 0.491. The lowest BCUT2D eigenvalue weighted by molar-refractivity contribution is -0.193. The molecule has 0 aromatic carbocycles. The number of rotatable bonds is 1. The molecular formula is C22H27F6N5O6. The Kier molecular flexibility index (Phi) is 10.1. The van der Waals surface area contributed by atoms with E-state index in [2.05, 4.69) is 9.88 Å². The second-order valence-corrected chi connectivity index (χ2v) is 9.03. The van der Waals surface area contributed by atoms with Gasteiger partial charge in [-0.2, -0.15) is 26.3 Å². The van der Waals surface area contributed by atoms with Crippen LogP contribution in [0.1, 0.15) is 19.3 Å². The molecule has 11 nitrogen and oxygen atoms in total. The van der Waals surface area contributed by atoms with Crippen LogP contribution in [0.15, 0.2) is 24.5 Å². The molecule has 1 aromatic rings.